The van der Waals surface area contributed by atoms with Crippen LogP contribution in [0.5, 0.6) is 0 Å². The molecule has 2 aromatic carbocycles. The van der Waals surface area contributed by atoms with Crippen molar-refractivity contribution in [3.05, 3.63) is 87.6 Å². The monoisotopic (exact) mass is 415 g/mol. The Hall–Kier alpha value is -3.39. The number of hydrogen-bond acceptors (Lipinski definition) is 4. The van der Waals surface area contributed by atoms with E-state index in [9.17, 15) is 14.4 Å². The van der Waals surface area contributed by atoms with Crippen LogP contribution >= 0.6 is 0 Å². The third-order valence-electron chi connectivity index (χ3n) is 6.21. The second kappa shape index (κ2) is 7.39. The first-order valence-corrected chi connectivity index (χ1v) is 10.4. The lowest BCUT2D eigenvalue weighted by Gasteiger charge is -2.44. The number of para-hydroxylation sites is 1. The maximum Gasteiger partial charge on any atom is 0.162 e. The van der Waals surface area contributed by atoms with E-state index in [0.717, 1.165) is 16.7 Å². The average molecular weight is 416 g/mol. The van der Waals surface area contributed by atoms with Gasteiger partial charge in [-0.25, -0.2) is 4.39 Å². The highest BCUT2D eigenvalue weighted by molar-refractivity contribution is 6.01. The van der Waals surface area contributed by atoms with Crippen LogP contribution in [-0.2, 0) is 4.79 Å². The number of Topliss-reactive ketones (excluding diaryl/α,β-unsaturated/α-hetero) is 1. The Labute approximate surface area is 182 Å². The van der Waals surface area contributed by atoms with Crippen LogP contribution in [0.2, 0.25) is 0 Å². The number of benzene rings is 2. The van der Waals surface area contributed by atoms with Crippen molar-refractivity contribution in [1.82, 2.24) is 0 Å². The first-order chi connectivity index (χ1) is 14.6. The molecule has 4 rings (SSSR count). The molecule has 0 aromatic heterocycles. The second-order valence-electron chi connectivity index (χ2n) is 9.29. The number of nitrogens with two attached hydrogens (primary N) is 1. The molecule has 1 atom stereocenters. The zero-order valence-corrected chi connectivity index (χ0v) is 18.3. The summed E-state index contributed by atoms with van der Waals surface area (Å²) in [7, 11) is 0. The molecule has 1 unspecified atom stereocenters. The normalized spacial score (nSPS) is 20.6. The minimum Gasteiger partial charge on any atom is -0.384 e. The number of rotatable bonds is 2. The number of allylic oxidation sites excluding steroid dienone is 3. The Morgan fingerprint density at radius 2 is 1.87 bits per heavy atom. The van der Waals surface area contributed by atoms with E-state index in [0.29, 0.717) is 24.1 Å². The molecule has 0 radical (unpaired) electrons. The summed E-state index contributed by atoms with van der Waals surface area (Å²) < 4.78 is 14.8. The summed E-state index contributed by atoms with van der Waals surface area (Å²) in [6.07, 6.45) is 0.931. The summed E-state index contributed by atoms with van der Waals surface area (Å²) in [4.78, 5) is 15.1. The predicted octanol–water partition coefficient (Wildman–Crippen LogP) is 5.38. The zero-order chi connectivity index (χ0) is 22.5. The van der Waals surface area contributed by atoms with Gasteiger partial charge in [0.25, 0.3) is 0 Å². The van der Waals surface area contributed by atoms with Gasteiger partial charge >= 0.3 is 0 Å². The van der Waals surface area contributed by atoms with Crippen molar-refractivity contribution >= 4 is 11.5 Å². The van der Waals surface area contributed by atoms with Crippen molar-refractivity contribution in [2.75, 3.05) is 4.90 Å². The van der Waals surface area contributed by atoms with Gasteiger partial charge in [0.05, 0.1) is 23.2 Å². The number of hydrogen-bond donors (Lipinski definition) is 1. The maximum atomic E-state index is 14.8. The fraction of sp³-hybridized carbons (Fsp3) is 0.308. The molecular weight excluding hydrogens is 389 g/mol. The lowest BCUT2D eigenvalue weighted by molar-refractivity contribution is -0.118. The molecule has 1 heterocycles. The van der Waals surface area contributed by atoms with Gasteiger partial charge in [0.2, 0.25) is 0 Å². The highest BCUT2D eigenvalue weighted by atomic mass is 19.1. The van der Waals surface area contributed by atoms with Crippen LogP contribution in [0.3, 0.4) is 0 Å². The van der Waals surface area contributed by atoms with Crippen LogP contribution in [0.15, 0.2) is 65.1 Å². The number of carbonyl (C=O) groups is 1. The van der Waals surface area contributed by atoms with Crippen LogP contribution in [0, 0.1) is 36.4 Å². The van der Waals surface area contributed by atoms with E-state index in [2.05, 4.69) is 6.07 Å². The number of carbonyl (C=O) groups excluding carboxylic acids is 1. The lowest BCUT2D eigenvalue weighted by Crippen LogP contribution is -2.42. The molecule has 0 spiro atoms. The summed E-state index contributed by atoms with van der Waals surface area (Å²) in [6.45, 7) is 8.04. The van der Waals surface area contributed by atoms with Gasteiger partial charge in [-0.1, -0.05) is 49.7 Å². The van der Waals surface area contributed by atoms with Gasteiger partial charge in [-0.3, -0.25) is 9.69 Å². The van der Waals surface area contributed by atoms with E-state index in [-0.39, 0.29) is 28.3 Å². The molecule has 2 aliphatic rings. The van der Waals surface area contributed by atoms with Gasteiger partial charge in [0.15, 0.2) is 5.78 Å². The summed E-state index contributed by atoms with van der Waals surface area (Å²) >= 11 is 0. The van der Waals surface area contributed by atoms with Crippen molar-refractivity contribution in [3.8, 4) is 6.07 Å². The van der Waals surface area contributed by atoms with Crippen molar-refractivity contribution in [2.45, 2.75) is 46.5 Å². The quantitative estimate of drug-likeness (QED) is 0.715. The largest absolute Gasteiger partial charge is 0.384 e. The molecule has 158 valence electrons. The Morgan fingerprint density at radius 1 is 1.16 bits per heavy atom. The standard InChI is InChI=1S/C26H26FN3O/c1-15-9-10-17(16(2)11-15)23-18(14-28)25(29)30(20-8-6-5-7-19(20)27)21-12-26(3,4)13-22(31)24(21)23/h5-11,23H,12-13,29H2,1-4H3. The van der Waals surface area contributed by atoms with E-state index in [1.165, 1.54) is 6.07 Å². The molecule has 1 aliphatic carbocycles. The van der Waals surface area contributed by atoms with Crippen LogP contribution in [0.4, 0.5) is 10.1 Å². The van der Waals surface area contributed by atoms with Crippen LogP contribution in [0.1, 0.15) is 49.3 Å². The molecule has 0 saturated heterocycles. The second-order valence-corrected chi connectivity index (χ2v) is 9.29. The minimum atomic E-state index is -0.549. The fourth-order valence-electron chi connectivity index (χ4n) is 4.88. The molecule has 0 amide bonds. The van der Waals surface area contributed by atoms with E-state index in [4.69, 9.17) is 5.73 Å². The predicted molar refractivity (Wildman–Crippen MR) is 119 cm³/mol. The van der Waals surface area contributed by atoms with Crippen LogP contribution in [0.25, 0.3) is 0 Å². The van der Waals surface area contributed by atoms with E-state index in [1.54, 1.807) is 23.1 Å². The molecule has 4 nitrogen and oxygen atoms in total. The summed E-state index contributed by atoms with van der Waals surface area (Å²) in [5, 5.41) is 10.1. The summed E-state index contributed by atoms with van der Waals surface area (Å²) in [5.74, 6) is -0.831. The Balaban J connectivity index is 2.04. The van der Waals surface area contributed by atoms with E-state index in [1.807, 2.05) is 45.9 Å². The number of aryl methyl sites for hydroxylation is 2. The number of ketones is 1. The van der Waals surface area contributed by atoms with Crippen LogP contribution < -0.4 is 10.6 Å². The Kier molecular flexibility index (Phi) is 4.97. The van der Waals surface area contributed by atoms with Gasteiger partial charge in [0.1, 0.15) is 11.6 Å². The van der Waals surface area contributed by atoms with Crippen molar-refractivity contribution in [3.63, 3.8) is 0 Å². The lowest BCUT2D eigenvalue weighted by atomic mass is 9.68. The van der Waals surface area contributed by atoms with Gasteiger partial charge in [-0.2, -0.15) is 5.26 Å². The molecular formula is C26H26FN3O. The first-order valence-electron chi connectivity index (χ1n) is 10.4. The summed E-state index contributed by atoms with van der Waals surface area (Å²) in [5.41, 5.74) is 11.0. The number of nitrogens with zero attached hydrogens (tertiary/aromatic N) is 2. The molecule has 0 saturated carbocycles. The first kappa shape index (κ1) is 20.9. The van der Waals surface area contributed by atoms with E-state index < -0.39 is 11.7 Å². The zero-order valence-electron chi connectivity index (χ0n) is 18.3. The van der Waals surface area contributed by atoms with Gasteiger partial charge in [0, 0.05) is 17.7 Å². The minimum absolute atomic E-state index is 0.0159. The fourth-order valence-corrected chi connectivity index (χ4v) is 4.88. The average Bonchev–Trinajstić information content (AvgIpc) is 2.67. The van der Waals surface area contributed by atoms with E-state index >= 15 is 0 Å². The SMILES string of the molecule is Cc1ccc(C2C(C#N)=C(N)N(c3ccccc3F)C3=C2C(=O)CC(C)(C)C3)c(C)c1. The Morgan fingerprint density at radius 3 is 2.52 bits per heavy atom. The third kappa shape index (κ3) is 3.42. The molecule has 2 aromatic rings. The molecule has 0 bridgehead atoms. The van der Waals surface area contributed by atoms with Gasteiger partial charge in [-0.05, 0) is 48.9 Å². The highest BCUT2D eigenvalue weighted by Crippen LogP contribution is 2.50. The van der Waals surface area contributed by atoms with Crippen molar-refractivity contribution in [1.29, 1.82) is 5.26 Å². The number of anilines is 1. The molecule has 5 heteroatoms. The molecule has 1 aliphatic heterocycles. The maximum absolute atomic E-state index is 14.8. The summed E-state index contributed by atoms with van der Waals surface area (Å²) in [6, 6.07) is 14.6. The molecule has 31 heavy (non-hydrogen) atoms. The van der Waals surface area contributed by atoms with Crippen molar-refractivity contribution < 1.29 is 9.18 Å². The highest BCUT2D eigenvalue weighted by Gasteiger charge is 2.45. The topological polar surface area (TPSA) is 70.1 Å². The molecule has 0 fully saturated rings. The third-order valence-corrected chi connectivity index (χ3v) is 6.21. The Bertz CT molecular complexity index is 1200. The number of halogens is 1. The van der Waals surface area contributed by atoms with Gasteiger partial charge < -0.3 is 5.73 Å². The van der Waals surface area contributed by atoms with Crippen molar-refractivity contribution in [2.24, 2.45) is 11.1 Å². The smallest absolute Gasteiger partial charge is 0.162 e. The van der Waals surface area contributed by atoms with Crippen LogP contribution in [-0.4, -0.2) is 5.78 Å². The number of nitriles is 1. The van der Waals surface area contributed by atoms with Gasteiger partial charge in [-0.15, -0.1) is 0 Å². The molecule has 2 N–H and O–H groups in total.